The molecule has 0 spiro atoms. The van der Waals surface area contributed by atoms with Crippen LogP contribution in [0.15, 0.2) is 35.9 Å². The lowest BCUT2D eigenvalue weighted by Gasteiger charge is -2.31. The van der Waals surface area contributed by atoms with Gasteiger partial charge in [0.05, 0.1) is 7.11 Å². The van der Waals surface area contributed by atoms with Crippen molar-refractivity contribution in [2.45, 2.75) is 39.2 Å². The van der Waals surface area contributed by atoms with Crippen molar-refractivity contribution in [2.24, 2.45) is 0 Å². The van der Waals surface area contributed by atoms with E-state index in [0.717, 1.165) is 29.9 Å². The maximum Gasteiger partial charge on any atom is 0.128 e. The number of hydrogen-bond acceptors (Lipinski definition) is 2. The molecule has 19 heavy (non-hydrogen) atoms. The van der Waals surface area contributed by atoms with Gasteiger partial charge in [0.25, 0.3) is 0 Å². The summed E-state index contributed by atoms with van der Waals surface area (Å²) < 4.78 is 11.4. The summed E-state index contributed by atoms with van der Waals surface area (Å²) in [4.78, 5) is 0. The van der Waals surface area contributed by atoms with Crippen molar-refractivity contribution in [3.8, 4) is 11.5 Å². The van der Waals surface area contributed by atoms with Gasteiger partial charge in [-0.15, -0.1) is 0 Å². The van der Waals surface area contributed by atoms with E-state index in [9.17, 15) is 0 Å². The molecule has 2 heteroatoms. The second-order valence-electron chi connectivity index (χ2n) is 5.47. The van der Waals surface area contributed by atoms with E-state index in [0.29, 0.717) is 0 Å². The molecule has 1 heterocycles. The molecular formula is C17H22O2. The Bertz CT molecular complexity index is 510. The molecule has 1 atom stereocenters. The SMILES string of the molecule is COc1ccc2c(c1)C=C[C@](C)(CCC=C(C)C)O2. The Kier molecular flexibility index (Phi) is 3.98. The van der Waals surface area contributed by atoms with Crippen molar-refractivity contribution >= 4 is 6.08 Å². The topological polar surface area (TPSA) is 18.5 Å². The number of fused-ring (bicyclic) bond motifs is 1. The first-order valence-corrected chi connectivity index (χ1v) is 6.72. The molecule has 2 rings (SSSR count). The number of rotatable bonds is 4. The van der Waals surface area contributed by atoms with Crippen molar-refractivity contribution < 1.29 is 9.47 Å². The molecule has 0 saturated carbocycles. The van der Waals surface area contributed by atoms with Crippen LogP contribution in [0.4, 0.5) is 0 Å². The molecule has 0 saturated heterocycles. The Balaban J connectivity index is 2.12. The minimum atomic E-state index is -0.215. The van der Waals surface area contributed by atoms with Gasteiger partial charge in [0.2, 0.25) is 0 Å². The van der Waals surface area contributed by atoms with E-state index in [1.807, 2.05) is 18.2 Å². The quantitative estimate of drug-likeness (QED) is 0.734. The zero-order valence-electron chi connectivity index (χ0n) is 12.2. The molecule has 1 aromatic rings. The fourth-order valence-electron chi connectivity index (χ4n) is 2.21. The van der Waals surface area contributed by atoms with E-state index in [-0.39, 0.29) is 5.60 Å². The van der Waals surface area contributed by atoms with E-state index in [2.05, 4.69) is 39.0 Å². The molecule has 0 radical (unpaired) electrons. The van der Waals surface area contributed by atoms with Crippen LogP contribution in [-0.2, 0) is 0 Å². The summed E-state index contributed by atoms with van der Waals surface area (Å²) in [5.41, 5.74) is 2.22. The molecule has 2 nitrogen and oxygen atoms in total. The van der Waals surface area contributed by atoms with Crippen LogP contribution in [0.1, 0.15) is 39.2 Å². The molecule has 0 amide bonds. The zero-order valence-corrected chi connectivity index (χ0v) is 12.2. The summed E-state index contributed by atoms with van der Waals surface area (Å²) in [5, 5.41) is 0. The van der Waals surface area contributed by atoms with Gasteiger partial charge >= 0.3 is 0 Å². The van der Waals surface area contributed by atoms with Crippen molar-refractivity contribution in [3.63, 3.8) is 0 Å². The van der Waals surface area contributed by atoms with Gasteiger partial charge in [-0.3, -0.25) is 0 Å². The Labute approximate surface area is 115 Å². The zero-order chi connectivity index (χ0) is 13.9. The predicted molar refractivity (Wildman–Crippen MR) is 79.7 cm³/mol. The summed E-state index contributed by atoms with van der Waals surface area (Å²) in [6.07, 6.45) is 8.55. The lowest BCUT2D eigenvalue weighted by Crippen LogP contribution is -2.31. The average molecular weight is 258 g/mol. The third-order valence-electron chi connectivity index (χ3n) is 3.37. The van der Waals surface area contributed by atoms with Gasteiger partial charge in [-0.2, -0.15) is 0 Å². The van der Waals surface area contributed by atoms with Crippen LogP contribution in [0.2, 0.25) is 0 Å². The first kappa shape index (κ1) is 13.7. The van der Waals surface area contributed by atoms with Crippen LogP contribution in [0.5, 0.6) is 11.5 Å². The largest absolute Gasteiger partial charge is 0.497 e. The molecule has 0 N–H and O–H groups in total. The van der Waals surface area contributed by atoms with Gasteiger partial charge in [0.1, 0.15) is 17.1 Å². The molecule has 102 valence electrons. The van der Waals surface area contributed by atoms with Gasteiger partial charge in [-0.05, 0) is 57.9 Å². The average Bonchev–Trinajstić information content (AvgIpc) is 2.37. The van der Waals surface area contributed by atoms with E-state index < -0.39 is 0 Å². The molecular weight excluding hydrogens is 236 g/mol. The van der Waals surface area contributed by atoms with Gasteiger partial charge in [-0.1, -0.05) is 17.7 Å². The van der Waals surface area contributed by atoms with Crippen LogP contribution in [0, 0.1) is 0 Å². The smallest absolute Gasteiger partial charge is 0.128 e. The lowest BCUT2D eigenvalue weighted by atomic mass is 9.94. The fourth-order valence-corrected chi connectivity index (χ4v) is 2.21. The highest BCUT2D eigenvalue weighted by molar-refractivity contribution is 5.62. The Morgan fingerprint density at radius 1 is 1.37 bits per heavy atom. The lowest BCUT2D eigenvalue weighted by molar-refractivity contribution is 0.128. The predicted octanol–water partition coefficient (Wildman–Crippen LogP) is 4.61. The molecule has 0 fully saturated rings. The summed E-state index contributed by atoms with van der Waals surface area (Å²) in [6, 6.07) is 5.92. The maximum absolute atomic E-state index is 6.13. The van der Waals surface area contributed by atoms with E-state index in [4.69, 9.17) is 9.47 Å². The number of ether oxygens (including phenoxy) is 2. The molecule has 1 aromatic carbocycles. The number of hydrogen-bond donors (Lipinski definition) is 0. The van der Waals surface area contributed by atoms with Gasteiger partial charge in [0.15, 0.2) is 0 Å². The van der Waals surface area contributed by atoms with Crippen molar-refractivity contribution in [1.29, 1.82) is 0 Å². The van der Waals surface area contributed by atoms with Crippen LogP contribution >= 0.6 is 0 Å². The van der Waals surface area contributed by atoms with E-state index in [1.54, 1.807) is 7.11 Å². The number of benzene rings is 1. The van der Waals surface area contributed by atoms with Gasteiger partial charge in [0, 0.05) is 5.56 Å². The molecule has 1 aliphatic rings. The monoisotopic (exact) mass is 258 g/mol. The second kappa shape index (κ2) is 5.52. The summed E-state index contributed by atoms with van der Waals surface area (Å²) in [5.74, 6) is 1.79. The number of allylic oxidation sites excluding steroid dienone is 2. The highest BCUT2D eigenvalue weighted by Gasteiger charge is 2.26. The summed E-state index contributed by atoms with van der Waals surface area (Å²) in [6.45, 7) is 6.39. The maximum atomic E-state index is 6.13. The summed E-state index contributed by atoms with van der Waals surface area (Å²) in [7, 11) is 1.68. The highest BCUT2D eigenvalue weighted by Crippen LogP contribution is 2.35. The Hall–Kier alpha value is -1.70. The molecule has 0 unspecified atom stereocenters. The van der Waals surface area contributed by atoms with Crippen LogP contribution < -0.4 is 9.47 Å². The van der Waals surface area contributed by atoms with Gasteiger partial charge < -0.3 is 9.47 Å². The third-order valence-corrected chi connectivity index (χ3v) is 3.37. The minimum absolute atomic E-state index is 0.215. The van der Waals surface area contributed by atoms with Crippen molar-refractivity contribution in [2.75, 3.05) is 7.11 Å². The van der Waals surface area contributed by atoms with E-state index in [1.165, 1.54) is 5.57 Å². The highest BCUT2D eigenvalue weighted by atomic mass is 16.5. The minimum Gasteiger partial charge on any atom is -0.497 e. The number of methoxy groups -OCH3 is 1. The normalized spacial score (nSPS) is 20.4. The molecule has 0 aliphatic carbocycles. The van der Waals surface area contributed by atoms with Crippen LogP contribution in [0.3, 0.4) is 0 Å². The van der Waals surface area contributed by atoms with Crippen molar-refractivity contribution in [3.05, 3.63) is 41.5 Å². The van der Waals surface area contributed by atoms with Crippen LogP contribution in [-0.4, -0.2) is 12.7 Å². The van der Waals surface area contributed by atoms with E-state index >= 15 is 0 Å². The fraction of sp³-hybridized carbons (Fsp3) is 0.412. The van der Waals surface area contributed by atoms with Crippen LogP contribution in [0.25, 0.3) is 6.08 Å². The first-order chi connectivity index (χ1) is 9.02. The standard InChI is InChI=1S/C17H22O2/c1-13(2)6-5-10-17(3)11-9-14-12-15(18-4)7-8-16(14)19-17/h6-9,11-12H,5,10H2,1-4H3/t17-/m0/s1. The molecule has 0 bridgehead atoms. The molecule has 0 aromatic heterocycles. The summed E-state index contributed by atoms with van der Waals surface area (Å²) >= 11 is 0. The first-order valence-electron chi connectivity index (χ1n) is 6.72. The second-order valence-corrected chi connectivity index (χ2v) is 5.47. The molecule has 1 aliphatic heterocycles. The third kappa shape index (κ3) is 3.40. The van der Waals surface area contributed by atoms with Crippen molar-refractivity contribution in [1.82, 2.24) is 0 Å². The Morgan fingerprint density at radius 2 is 2.16 bits per heavy atom. The Morgan fingerprint density at radius 3 is 2.84 bits per heavy atom. The van der Waals surface area contributed by atoms with Gasteiger partial charge in [-0.25, -0.2) is 0 Å².